The first-order valence-corrected chi connectivity index (χ1v) is 3.89. The predicted molar refractivity (Wildman–Crippen MR) is 36.8 cm³/mol. The molecule has 2 N–H and O–H groups in total. The van der Waals surface area contributed by atoms with E-state index >= 15 is 0 Å². The fraction of sp³-hybridized carbons (Fsp3) is 1.00. The van der Waals surface area contributed by atoms with Crippen LogP contribution in [-0.4, -0.2) is 16.4 Å². The molecule has 0 aliphatic heterocycles. The van der Waals surface area contributed by atoms with Crippen LogP contribution in [0, 0.1) is 5.41 Å². The van der Waals surface area contributed by atoms with Gasteiger partial charge in [0, 0.05) is 0 Å². The lowest BCUT2D eigenvalue weighted by atomic mass is 9.99. The van der Waals surface area contributed by atoms with E-state index in [1.807, 2.05) is 20.8 Å². The molecule has 0 bridgehead atoms. The molecule has 0 heterocycles. The maximum atomic E-state index is 8.31. The van der Waals surface area contributed by atoms with Crippen molar-refractivity contribution in [3.63, 3.8) is 0 Å². The molecule has 0 radical (unpaired) electrons. The van der Waals surface area contributed by atoms with Gasteiger partial charge in [-0.15, -0.1) is 0 Å². The molecule has 0 rings (SSSR count). The Labute approximate surface area is 56.7 Å². The molecular weight excluding hydrogens is 139 g/mol. The molecule has 0 aromatic carbocycles. The summed E-state index contributed by atoms with van der Waals surface area (Å²) in [6, 6.07) is 0. The summed E-state index contributed by atoms with van der Waals surface area (Å²) in [5, 5.41) is 0. The van der Waals surface area contributed by atoms with E-state index in [4.69, 9.17) is 9.79 Å². The summed E-state index contributed by atoms with van der Waals surface area (Å²) in [6.45, 7) is 6.27. The molecule has 0 fully saturated rings. The van der Waals surface area contributed by atoms with Crippen LogP contribution < -0.4 is 0 Å². The third kappa shape index (κ3) is 8.31. The Kier molecular flexibility index (Phi) is 3.59. The summed E-state index contributed by atoms with van der Waals surface area (Å²) in [5.74, 6) is 0. The molecule has 0 aromatic heterocycles. The summed E-state index contributed by atoms with van der Waals surface area (Å²) >= 11 is 0. The van der Waals surface area contributed by atoms with E-state index in [0.717, 1.165) is 0 Å². The summed E-state index contributed by atoms with van der Waals surface area (Å²) < 4.78 is 4.58. The van der Waals surface area contributed by atoms with Gasteiger partial charge in [0.1, 0.15) is 0 Å². The largest absolute Gasteiger partial charge is 0.328 e. The van der Waals surface area contributed by atoms with Gasteiger partial charge in [0.25, 0.3) is 0 Å². The van der Waals surface area contributed by atoms with Crippen molar-refractivity contribution in [3.8, 4) is 0 Å². The van der Waals surface area contributed by atoms with Gasteiger partial charge in [0.2, 0.25) is 0 Å². The zero-order valence-corrected chi connectivity index (χ0v) is 6.85. The van der Waals surface area contributed by atoms with E-state index in [1.165, 1.54) is 0 Å². The minimum Gasteiger partial charge on any atom is -0.328 e. The van der Waals surface area contributed by atoms with Crippen molar-refractivity contribution in [3.05, 3.63) is 0 Å². The van der Waals surface area contributed by atoms with Crippen LogP contribution in [0.3, 0.4) is 0 Å². The molecule has 0 atom stereocenters. The second-order valence-electron chi connectivity index (χ2n) is 3.09. The van der Waals surface area contributed by atoms with E-state index in [9.17, 15) is 0 Å². The highest BCUT2D eigenvalue weighted by Crippen LogP contribution is 2.28. The molecule has 0 saturated heterocycles. The van der Waals surface area contributed by atoms with Crippen molar-refractivity contribution in [2.24, 2.45) is 5.41 Å². The van der Waals surface area contributed by atoms with Crippen molar-refractivity contribution in [2.45, 2.75) is 20.8 Å². The molecule has 0 aliphatic carbocycles. The van der Waals surface area contributed by atoms with Crippen LogP contribution in [0.4, 0.5) is 0 Å². The van der Waals surface area contributed by atoms with Crippen molar-refractivity contribution < 1.29 is 14.3 Å². The third-order valence-corrected chi connectivity index (χ3v) is 0.973. The fourth-order valence-electron chi connectivity index (χ4n) is 0.251. The van der Waals surface area contributed by atoms with Gasteiger partial charge in [-0.25, -0.2) is 0 Å². The highest BCUT2D eigenvalue weighted by Gasteiger charge is 2.12. The Hall–Kier alpha value is 0.310. The average Bonchev–Trinajstić information content (AvgIpc) is 1.59. The maximum Gasteiger partial charge on any atom is 0.327 e. The minimum atomic E-state index is -2.16. The number of rotatable bonds is 2. The molecule has 0 saturated carbocycles. The van der Waals surface area contributed by atoms with Crippen LogP contribution in [-0.2, 0) is 4.52 Å². The van der Waals surface area contributed by atoms with Crippen LogP contribution >= 0.6 is 8.60 Å². The zero-order valence-electron chi connectivity index (χ0n) is 5.96. The van der Waals surface area contributed by atoms with E-state index in [2.05, 4.69) is 4.52 Å². The maximum absolute atomic E-state index is 8.31. The van der Waals surface area contributed by atoms with Crippen LogP contribution in [0.15, 0.2) is 0 Å². The summed E-state index contributed by atoms with van der Waals surface area (Å²) in [6.07, 6.45) is 0. The smallest absolute Gasteiger partial charge is 0.327 e. The molecule has 3 nitrogen and oxygen atoms in total. The first-order chi connectivity index (χ1) is 3.92. The Bertz CT molecular complexity index is 76.8. The fourth-order valence-corrected chi connectivity index (χ4v) is 0.754. The van der Waals surface area contributed by atoms with Crippen LogP contribution in [0.2, 0.25) is 0 Å². The van der Waals surface area contributed by atoms with Gasteiger partial charge in [0.05, 0.1) is 6.61 Å². The third-order valence-electron chi connectivity index (χ3n) is 0.613. The Balaban J connectivity index is 3.28. The van der Waals surface area contributed by atoms with Crippen LogP contribution in [0.5, 0.6) is 0 Å². The summed E-state index contributed by atoms with van der Waals surface area (Å²) in [7, 11) is -2.16. The van der Waals surface area contributed by atoms with E-state index in [0.29, 0.717) is 6.61 Å². The Morgan fingerprint density at radius 3 is 1.89 bits per heavy atom. The highest BCUT2D eigenvalue weighted by molar-refractivity contribution is 7.39. The Morgan fingerprint density at radius 1 is 1.33 bits per heavy atom. The summed E-state index contributed by atoms with van der Waals surface area (Å²) in [4.78, 5) is 16.6. The van der Waals surface area contributed by atoms with E-state index in [-0.39, 0.29) is 5.41 Å². The molecule has 9 heavy (non-hydrogen) atoms. The molecule has 0 aliphatic rings. The summed E-state index contributed by atoms with van der Waals surface area (Å²) in [5.41, 5.74) is 0.00600. The quantitative estimate of drug-likeness (QED) is 0.585. The lowest BCUT2D eigenvalue weighted by Gasteiger charge is -2.17. The zero-order chi connectivity index (χ0) is 7.49. The average molecular weight is 152 g/mol. The first-order valence-electron chi connectivity index (χ1n) is 2.72. The van der Waals surface area contributed by atoms with Gasteiger partial charge in [-0.3, -0.25) is 0 Å². The van der Waals surface area contributed by atoms with Crippen molar-refractivity contribution in [2.75, 3.05) is 6.61 Å². The highest BCUT2D eigenvalue weighted by atomic mass is 31.2. The number of hydrogen-bond acceptors (Lipinski definition) is 3. The monoisotopic (exact) mass is 152 g/mol. The van der Waals surface area contributed by atoms with Gasteiger partial charge in [-0.1, -0.05) is 20.8 Å². The van der Waals surface area contributed by atoms with Crippen molar-refractivity contribution >= 4 is 8.60 Å². The van der Waals surface area contributed by atoms with Crippen LogP contribution in [0.1, 0.15) is 20.8 Å². The normalized spacial score (nSPS) is 12.7. The van der Waals surface area contributed by atoms with Gasteiger partial charge in [0.15, 0.2) is 0 Å². The molecular formula is C5H13O3P. The SMILES string of the molecule is CC(C)(C)COP(O)O. The van der Waals surface area contributed by atoms with Crippen LogP contribution in [0.25, 0.3) is 0 Å². The van der Waals surface area contributed by atoms with Crippen molar-refractivity contribution in [1.82, 2.24) is 0 Å². The lowest BCUT2D eigenvalue weighted by molar-refractivity contribution is 0.172. The van der Waals surface area contributed by atoms with Gasteiger partial charge >= 0.3 is 8.60 Å². The second-order valence-corrected chi connectivity index (χ2v) is 3.85. The molecule has 0 spiro atoms. The lowest BCUT2D eigenvalue weighted by Crippen LogP contribution is -2.12. The molecule has 0 amide bonds. The van der Waals surface area contributed by atoms with Crippen molar-refractivity contribution in [1.29, 1.82) is 0 Å². The van der Waals surface area contributed by atoms with E-state index in [1.54, 1.807) is 0 Å². The predicted octanol–water partition coefficient (Wildman–Crippen LogP) is 1.26. The topological polar surface area (TPSA) is 49.7 Å². The molecule has 0 unspecified atom stereocenters. The minimum absolute atomic E-state index is 0.00600. The molecule has 56 valence electrons. The standard InChI is InChI=1S/C5H13O3P/c1-5(2,3)4-8-9(6)7/h6-7H,4H2,1-3H3. The van der Waals surface area contributed by atoms with Gasteiger partial charge in [-0.2, -0.15) is 0 Å². The second kappa shape index (κ2) is 3.47. The van der Waals surface area contributed by atoms with Gasteiger partial charge in [-0.05, 0) is 5.41 Å². The molecule has 4 heteroatoms. The molecule has 0 aromatic rings. The van der Waals surface area contributed by atoms with E-state index < -0.39 is 8.60 Å². The first kappa shape index (κ1) is 9.31. The van der Waals surface area contributed by atoms with Gasteiger partial charge < -0.3 is 14.3 Å². The number of hydrogen-bond donors (Lipinski definition) is 2. The Morgan fingerprint density at radius 2 is 1.78 bits per heavy atom.